The zero-order valence-corrected chi connectivity index (χ0v) is 14.9. The Labute approximate surface area is 137 Å². The third-order valence-corrected chi connectivity index (χ3v) is 5.13. The molecule has 0 saturated carbocycles. The third kappa shape index (κ3) is 6.53. The van der Waals surface area contributed by atoms with E-state index in [1.807, 2.05) is 0 Å². The van der Waals surface area contributed by atoms with Gasteiger partial charge in [-0.1, -0.05) is 23.2 Å². The number of hydrogen-bond acceptors (Lipinski definition) is 3. The maximum atomic E-state index is 12.1. The molecule has 0 saturated heterocycles. The van der Waals surface area contributed by atoms with Gasteiger partial charge in [-0.15, -0.1) is 0 Å². The summed E-state index contributed by atoms with van der Waals surface area (Å²) in [7, 11) is -1.50. The van der Waals surface area contributed by atoms with E-state index in [9.17, 15) is 8.42 Å². The lowest BCUT2D eigenvalue weighted by molar-refractivity contribution is 0.268. The first-order valence-corrected chi connectivity index (χ1v) is 9.12. The molecule has 0 unspecified atom stereocenters. The number of benzene rings is 1. The number of nitrogens with zero attached hydrogens (tertiary/aromatic N) is 1. The summed E-state index contributed by atoms with van der Waals surface area (Å²) in [6.07, 6.45) is 1.72. The van der Waals surface area contributed by atoms with Crippen molar-refractivity contribution in [1.82, 2.24) is 9.62 Å². The summed E-state index contributed by atoms with van der Waals surface area (Å²) in [5.41, 5.74) is 0. The number of hydrogen-bond donors (Lipinski definition) is 1. The van der Waals surface area contributed by atoms with Crippen LogP contribution in [0.1, 0.15) is 26.7 Å². The highest BCUT2D eigenvalue weighted by atomic mass is 35.5. The van der Waals surface area contributed by atoms with Crippen LogP contribution in [0.4, 0.5) is 0 Å². The number of sulfonamides is 1. The number of unbranched alkanes of at least 4 members (excludes halogenated alkanes) is 1. The Morgan fingerprint density at radius 2 is 1.71 bits per heavy atom. The molecule has 0 amide bonds. The zero-order chi connectivity index (χ0) is 16.0. The molecule has 7 heteroatoms. The van der Waals surface area contributed by atoms with E-state index < -0.39 is 10.0 Å². The van der Waals surface area contributed by atoms with Crippen LogP contribution in [0.15, 0.2) is 23.1 Å². The standard InChI is InChI=1S/C14H22Cl2N2O2S/c1-11(2)18(3)7-5-4-6-17-21(19,20)14-9-12(15)8-13(16)10-14/h8-11,17H,4-7H2,1-3H3. The first kappa shape index (κ1) is 18.7. The number of nitrogens with one attached hydrogen (secondary N) is 1. The van der Waals surface area contributed by atoms with Crippen molar-refractivity contribution >= 4 is 33.2 Å². The molecule has 0 aliphatic carbocycles. The highest BCUT2D eigenvalue weighted by molar-refractivity contribution is 7.89. The first-order valence-electron chi connectivity index (χ1n) is 6.88. The fourth-order valence-corrected chi connectivity index (χ4v) is 3.52. The van der Waals surface area contributed by atoms with Gasteiger partial charge in [-0.05, 0) is 58.5 Å². The van der Waals surface area contributed by atoms with Crippen LogP contribution in [0.25, 0.3) is 0 Å². The molecule has 1 rings (SSSR count). The van der Waals surface area contributed by atoms with Crippen molar-refractivity contribution in [2.24, 2.45) is 0 Å². The van der Waals surface area contributed by atoms with E-state index in [4.69, 9.17) is 23.2 Å². The maximum Gasteiger partial charge on any atom is 0.240 e. The molecule has 1 aromatic carbocycles. The van der Waals surface area contributed by atoms with Gasteiger partial charge in [0.15, 0.2) is 0 Å². The van der Waals surface area contributed by atoms with Crippen molar-refractivity contribution in [2.75, 3.05) is 20.1 Å². The van der Waals surface area contributed by atoms with Gasteiger partial charge in [-0.25, -0.2) is 13.1 Å². The predicted octanol–water partition coefficient (Wildman–Crippen LogP) is 3.39. The van der Waals surface area contributed by atoms with E-state index >= 15 is 0 Å². The predicted molar refractivity (Wildman–Crippen MR) is 88.7 cm³/mol. The molecule has 4 nitrogen and oxygen atoms in total. The molecule has 0 aliphatic heterocycles. The molecular weight excluding hydrogens is 331 g/mol. The molecular formula is C14H22Cl2N2O2S. The van der Waals surface area contributed by atoms with E-state index in [-0.39, 0.29) is 4.90 Å². The van der Waals surface area contributed by atoms with Crippen molar-refractivity contribution in [3.8, 4) is 0 Å². The second-order valence-electron chi connectivity index (χ2n) is 5.28. The molecule has 0 atom stereocenters. The molecule has 0 aromatic heterocycles. The van der Waals surface area contributed by atoms with Gasteiger partial charge in [0.25, 0.3) is 0 Å². The molecule has 0 bridgehead atoms. The monoisotopic (exact) mass is 352 g/mol. The lowest BCUT2D eigenvalue weighted by atomic mass is 10.2. The zero-order valence-electron chi connectivity index (χ0n) is 12.6. The van der Waals surface area contributed by atoms with E-state index in [1.165, 1.54) is 18.2 Å². The number of halogens is 2. The Morgan fingerprint density at radius 3 is 2.24 bits per heavy atom. The molecule has 0 fully saturated rings. The van der Waals surface area contributed by atoms with Gasteiger partial charge in [0, 0.05) is 22.6 Å². The van der Waals surface area contributed by atoms with Crippen molar-refractivity contribution < 1.29 is 8.42 Å². The Bertz CT molecular complexity index is 542. The van der Waals surface area contributed by atoms with Gasteiger partial charge in [0.2, 0.25) is 10.0 Å². The fourth-order valence-electron chi connectivity index (χ4n) is 1.72. The molecule has 0 aliphatic rings. The van der Waals surface area contributed by atoms with Crippen LogP contribution >= 0.6 is 23.2 Å². The Balaban J connectivity index is 2.47. The van der Waals surface area contributed by atoms with Gasteiger partial charge in [-0.3, -0.25) is 0 Å². The largest absolute Gasteiger partial charge is 0.304 e. The lowest BCUT2D eigenvalue weighted by Crippen LogP contribution is -2.29. The fraction of sp³-hybridized carbons (Fsp3) is 0.571. The van der Waals surface area contributed by atoms with Crippen LogP contribution in [-0.4, -0.2) is 39.5 Å². The molecule has 0 spiro atoms. The molecule has 21 heavy (non-hydrogen) atoms. The van der Waals surface area contributed by atoms with E-state index in [0.29, 0.717) is 22.6 Å². The summed E-state index contributed by atoms with van der Waals surface area (Å²) in [5.74, 6) is 0. The Hall–Kier alpha value is -0.330. The smallest absolute Gasteiger partial charge is 0.240 e. The lowest BCUT2D eigenvalue weighted by Gasteiger charge is -2.20. The van der Waals surface area contributed by atoms with Crippen LogP contribution in [-0.2, 0) is 10.0 Å². The minimum atomic E-state index is -3.55. The van der Waals surface area contributed by atoms with Crippen molar-refractivity contribution in [3.63, 3.8) is 0 Å². The summed E-state index contributed by atoms with van der Waals surface area (Å²) >= 11 is 11.6. The number of rotatable bonds is 8. The molecule has 120 valence electrons. The average Bonchev–Trinajstić information content (AvgIpc) is 2.36. The van der Waals surface area contributed by atoms with Crippen molar-refractivity contribution in [3.05, 3.63) is 28.2 Å². The second-order valence-corrected chi connectivity index (χ2v) is 7.92. The average molecular weight is 353 g/mol. The van der Waals surface area contributed by atoms with Gasteiger partial charge in [0.05, 0.1) is 4.90 Å². The minimum Gasteiger partial charge on any atom is -0.304 e. The first-order chi connectivity index (χ1) is 9.72. The van der Waals surface area contributed by atoms with Gasteiger partial charge in [-0.2, -0.15) is 0 Å². The van der Waals surface area contributed by atoms with Gasteiger partial charge in [0.1, 0.15) is 0 Å². The quantitative estimate of drug-likeness (QED) is 0.729. The van der Waals surface area contributed by atoms with E-state index in [2.05, 4.69) is 30.5 Å². The van der Waals surface area contributed by atoms with Crippen LogP contribution in [0.5, 0.6) is 0 Å². The summed E-state index contributed by atoms with van der Waals surface area (Å²) in [4.78, 5) is 2.32. The van der Waals surface area contributed by atoms with Gasteiger partial charge < -0.3 is 4.90 Å². The highest BCUT2D eigenvalue weighted by Gasteiger charge is 2.14. The van der Waals surface area contributed by atoms with Crippen LogP contribution in [0.2, 0.25) is 10.0 Å². The van der Waals surface area contributed by atoms with Crippen molar-refractivity contribution in [1.29, 1.82) is 0 Å². The van der Waals surface area contributed by atoms with Crippen molar-refractivity contribution in [2.45, 2.75) is 37.6 Å². The highest BCUT2D eigenvalue weighted by Crippen LogP contribution is 2.22. The normalized spacial score (nSPS) is 12.3. The SMILES string of the molecule is CC(C)N(C)CCCCNS(=O)(=O)c1cc(Cl)cc(Cl)c1. The topological polar surface area (TPSA) is 49.4 Å². The molecule has 0 heterocycles. The second kappa shape index (κ2) is 8.34. The summed E-state index contributed by atoms with van der Waals surface area (Å²) in [5, 5.41) is 0.614. The van der Waals surface area contributed by atoms with Crippen LogP contribution in [0, 0.1) is 0 Å². The molecule has 1 aromatic rings. The Kier molecular flexibility index (Phi) is 7.44. The summed E-state index contributed by atoms with van der Waals surface area (Å²) < 4.78 is 26.8. The summed E-state index contributed by atoms with van der Waals surface area (Å²) in [6, 6.07) is 4.78. The molecule has 1 N–H and O–H groups in total. The van der Waals surface area contributed by atoms with Crippen LogP contribution in [0.3, 0.4) is 0 Å². The Morgan fingerprint density at radius 1 is 1.14 bits per heavy atom. The van der Waals surface area contributed by atoms with Gasteiger partial charge >= 0.3 is 0 Å². The van der Waals surface area contributed by atoms with Crippen LogP contribution < -0.4 is 4.72 Å². The summed E-state index contributed by atoms with van der Waals surface area (Å²) in [6.45, 7) is 5.61. The maximum absolute atomic E-state index is 12.1. The minimum absolute atomic E-state index is 0.0966. The van der Waals surface area contributed by atoms with E-state index in [1.54, 1.807) is 0 Å². The third-order valence-electron chi connectivity index (χ3n) is 3.26. The molecule has 0 radical (unpaired) electrons. The van der Waals surface area contributed by atoms with E-state index in [0.717, 1.165) is 19.4 Å².